The molecule has 0 aromatic rings. The zero-order chi connectivity index (χ0) is 20.3. The molecule has 0 saturated heterocycles. The van der Waals surface area contributed by atoms with Gasteiger partial charge in [0.1, 0.15) is 0 Å². The van der Waals surface area contributed by atoms with E-state index >= 15 is 0 Å². The monoisotopic (exact) mass is 392 g/mol. The van der Waals surface area contributed by atoms with E-state index < -0.39 is 0 Å². The van der Waals surface area contributed by atoms with E-state index in [0.29, 0.717) is 31.0 Å². The Morgan fingerprint density at radius 2 is 1.32 bits per heavy atom. The van der Waals surface area contributed by atoms with Crippen molar-refractivity contribution >= 4 is 11.9 Å². The van der Waals surface area contributed by atoms with Gasteiger partial charge in [0.15, 0.2) is 0 Å². The summed E-state index contributed by atoms with van der Waals surface area (Å²) in [5.41, 5.74) is 0. The molecule has 0 amide bonds. The summed E-state index contributed by atoms with van der Waals surface area (Å²) in [6.07, 6.45) is 8.58. The van der Waals surface area contributed by atoms with E-state index in [4.69, 9.17) is 9.47 Å². The summed E-state index contributed by atoms with van der Waals surface area (Å²) in [6.45, 7) is 9.23. The van der Waals surface area contributed by atoms with Gasteiger partial charge in [-0.05, 0) is 81.0 Å². The molecule has 3 rings (SSSR count). The molecule has 3 fully saturated rings. The summed E-state index contributed by atoms with van der Waals surface area (Å²) in [7, 11) is 0. The maximum Gasteiger partial charge on any atom is 0.308 e. The van der Waals surface area contributed by atoms with E-state index in [9.17, 15) is 9.59 Å². The summed E-state index contributed by atoms with van der Waals surface area (Å²) in [5.74, 6) is 3.75. The molecule has 0 spiro atoms. The number of hydrogen-bond acceptors (Lipinski definition) is 4. The quantitative estimate of drug-likeness (QED) is 0.477. The number of ether oxygens (including phenoxy) is 2. The van der Waals surface area contributed by atoms with Crippen LogP contribution in [0, 0.1) is 47.3 Å². The van der Waals surface area contributed by atoms with Gasteiger partial charge in [0, 0.05) is 5.92 Å². The summed E-state index contributed by atoms with van der Waals surface area (Å²) >= 11 is 0. The minimum absolute atomic E-state index is 0.0169. The summed E-state index contributed by atoms with van der Waals surface area (Å²) in [4.78, 5) is 24.8. The first-order valence-electron chi connectivity index (χ1n) is 11.9. The van der Waals surface area contributed by atoms with Gasteiger partial charge in [0.2, 0.25) is 0 Å². The minimum Gasteiger partial charge on any atom is -0.465 e. The van der Waals surface area contributed by atoms with Crippen LogP contribution < -0.4 is 0 Å². The van der Waals surface area contributed by atoms with E-state index in [2.05, 4.69) is 13.8 Å². The van der Waals surface area contributed by atoms with E-state index in [0.717, 1.165) is 49.9 Å². The fraction of sp³-hybridized carbons (Fsp3) is 0.917. The Morgan fingerprint density at radius 1 is 0.786 bits per heavy atom. The first kappa shape index (κ1) is 21.6. The van der Waals surface area contributed by atoms with Crippen LogP contribution in [0.3, 0.4) is 0 Å². The van der Waals surface area contributed by atoms with Crippen LogP contribution in [-0.2, 0) is 19.1 Å². The van der Waals surface area contributed by atoms with Crippen molar-refractivity contribution in [2.45, 2.75) is 79.1 Å². The lowest BCUT2D eigenvalue weighted by atomic mass is 9.77. The zero-order valence-corrected chi connectivity index (χ0v) is 18.3. The highest BCUT2D eigenvalue weighted by Crippen LogP contribution is 2.62. The van der Waals surface area contributed by atoms with Crippen molar-refractivity contribution in [2.24, 2.45) is 47.3 Å². The topological polar surface area (TPSA) is 52.6 Å². The van der Waals surface area contributed by atoms with Gasteiger partial charge >= 0.3 is 11.9 Å². The second kappa shape index (κ2) is 9.63. The molecule has 0 aromatic carbocycles. The second-order valence-corrected chi connectivity index (χ2v) is 9.52. The number of rotatable bonds is 10. The Balaban J connectivity index is 1.62. The second-order valence-electron chi connectivity index (χ2n) is 9.52. The van der Waals surface area contributed by atoms with Crippen molar-refractivity contribution in [3.8, 4) is 0 Å². The highest BCUT2D eigenvalue weighted by Gasteiger charge is 2.57. The molecule has 0 N–H and O–H groups in total. The number of fused-ring (bicyclic) bond motifs is 5. The van der Waals surface area contributed by atoms with E-state index in [1.807, 2.05) is 13.8 Å². The third-order valence-corrected chi connectivity index (χ3v) is 8.33. The third-order valence-electron chi connectivity index (χ3n) is 8.33. The Labute approximate surface area is 171 Å². The average Bonchev–Trinajstić information content (AvgIpc) is 3.39. The van der Waals surface area contributed by atoms with Gasteiger partial charge in [-0.25, -0.2) is 0 Å². The summed E-state index contributed by atoms with van der Waals surface area (Å²) in [5, 5.41) is 0. The maximum absolute atomic E-state index is 12.4. The summed E-state index contributed by atoms with van der Waals surface area (Å²) < 4.78 is 11.6. The van der Waals surface area contributed by atoms with Crippen LogP contribution in [0.4, 0.5) is 0 Å². The van der Waals surface area contributed by atoms with Crippen molar-refractivity contribution in [1.29, 1.82) is 0 Å². The van der Waals surface area contributed by atoms with E-state index in [-0.39, 0.29) is 23.8 Å². The van der Waals surface area contributed by atoms with E-state index in [1.54, 1.807) is 0 Å². The number of esters is 2. The lowest BCUT2D eigenvalue weighted by molar-refractivity contribution is -0.155. The lowest BCUT2D eigenvalue weighted by Gasteiger charge is -2.30. The smallest absolute Gasteiger partial charge is 0.308 e. The van der Waals surface area contributed by atoms with E-state index in [1.165, 1.54) is 19.3 Å². The minimum atomic E-state index is -0.0437. The van der Waals surface area contributed by atoms with Crippen LogP contribution in [0.15, 0.2) is 0 Å². The lowest BCUT2D eigenvalue weighted by Crippen LogP contribution is -2.31. The normalized spacial score (nSPS) is 33.5. The fourth-order valence-corrected chi connectivity index (χ4v) is 6.60. The molecule has 4 heteroatoms. The highest BCUT2D eigenvalue weighted by molar-refractivity contribution is 5.72. The number of carbonyl (C=O) groups is 2. The molecule has 3 aliphatic rings. The first-order valence-corrected chi connectivity index (χ1v) is 11.9. The van der Waals surface area contributed by atoms with Crippen LogP contribution in [0.5, 0.6) is 0 Å². The van der Waals surface area contributed by atoms with Gasteiger partial charge in [0.05, 0.1) is 25.0 Å². The molecule has 6 atom stereocenters. The Hall–Kier alpha value is -1.06. The van der Waals surface area contributed by atoms with Crippen molar-refractivity contribution in [1.82, 2.24) is 0 Å². The maximum atomic E-state index is 12.4. The van der Waals surface area contributed by atoms with Crippen molar-refractivity contribution in [2.75, 3.05) is 13.2 Å². The fourth-order valence-electron chi connectivity index (χ4n) is 6.60. The van der Waals surface area contributed by atoms with Gasteiger partial charge in [-0.1, -0.05) is 27.7 Å². The Kier molecular flexibility index (Phi) is 7.44. The van der Waals surface area contributed by atoms with Gasteiger partial charge in [-0.3, -0.25) is 9.59 Å². The molecule has 6 unspecified atom stereocenters. The summed E-state index contributed by atoms with van der Waals surface area (Å²) in [6, 6.07) is 0. The van der Waals surface area contributed by atoms with Crippen LogP contribution in [0.1, 0.15) is 79.1 Å². The molecular formula is C24H40O4. The molecule has 4 nitrogen and oxygen atoms in total. The highest BCUT2D eigenvalue weighted by atomic mass is 16.5. The predicted octanol–water partition coefficient (Wildman–Crippen LogP) is 5.24. The molecule has 3 aliphatic carbocycles. The largest absolute Gasteiger partial charge is 0.465 e. The van der Waals surface area contributed by atoms with Crippen molar-refractivity contribution in [3.63, 3.8) is 0 Å². The third kappa shape index (κ3) is 4.26. The first-order chi connectivity index (χ1) is 13.5. The Morgan fingerprint density at radius 3 is 1.89 bits per heavy atom. The van der Waals surface area contributed by atoms with Crippen LogP contribution in [-0.4, -0.2) is 25.2 Å². The zero-order valence-electron chi connectivity index (χ0n) is 18.3. The molecule has 0 radical (unpaired) electrons. The standard InChI is InChI=1S/C24H40O4/c1-5-15(6-2)23(25)27-13-19-12-20-17-9-10-18(11-17)22(20)21(19)14-28-24(26)16(7-3)8-4/h15-22H,5-14H2,1-4H3. The molecule has 0 aliphatic heterocycles. The number of carbonyl (C=O) groups excluding carboxylic acids is 2. The molecule has 0 aromatic heterocycles. The SMILES string of the molecule is CCC(CC)C(=O)OCC1CC2C3CCC(C3)C2C1COC(=O)C(CC)CC. The van der Waals surface area contributed by atoms with Gasteiger partial charge < -0.3 is 9.47 Å². The molecule has 0 heterocycles. The predicted molar refractivity (Wildman–Crippen MR) is 109 cm³/mol. The number of hydrogen-bond donors (Lipinski definition) is 0. The molecule has 28 heavy (non-hydrogen) atoms. The van der Waals surface area contributed by atoms with Crippen LogP contribution in [0.25, 0.3) is 0 Å². The molecular weight excluding hydrogens is 352 g/mol. The average molecular weight is 393 g/mol. The van der Waals surface area contributed by atoms with Gasteiger partial charge in [-0.15, -0.1) is 0 Å². The molecule has 3 saturated carbocycles. The van der Waals surface area contributed by atoms with Crippen LogP contribution in [0.2, 0.25) is 0 Å². The van der Waals surface area contributed by atoms with Crippen LogP contribution >= 0.6 is 0 Å². The van der Waals surface area contributed by atoms with Crippen molar-refractivity contribution < 1.29 is 19.1 Å². The molecule has 2 bridgehead atoms. The van der Waals surface area contributed by atoms with Crippen molar-refractivity contribution in [3.05, 3.63) is 0 Å². The molecule has 160 valence electrons. The van der Waals surface area contributed by atoms with Gasteiger partial charge in [-0.2, -0.15) is 0 Å². The van der Waals surface area contributed by atoms with Gasteiger partial charge in [0.25, 0.3) is 0 Å². The Bertz CT molecular complexity index is 537.